The first-order valence-corrected chi connectivity index (χ1v) is 10.4. The molecule has 1 aromatic heterocycles. The molecule has 2 heterocycles. The molecule has 3 rings (SSSR count). The fraction of sp³-hybridized carbons (Fsp3) is 0.667. The molecule has 0 aromatic carbocycles. The van der Waals surface area contributed by atoms with Crippen molar-refractivity contribution in [2.45, 2.75) is 50.6 Å². The summed E-state index contributed by atoms with van der Waals surface area (Å²) < 4.78 is 23.6. The van der Waals surface area contributed by atoms with E-state index in [2.05, 4.69) is 0 Å². The van der Waals surface area contributed by atoms with Gasteiger partial charge in [-0.2, -0.15) is 11.3 Å². The van der Waals surface area contributed by atoms with Crippen molar-refractivity contribution in [3.05, 3.63) is 22.4 Å². The summed E-state index contributed by atoms with van der Waals surface area (Å²) >= 11 is 1.51. The van der Waals surface area contributed by atoms with Crippen molar-refractivity contribution >= 4 is 27.1 Å². The van der Waals surface area contributed by atoms with Crippen LogP contribution in [0.25, 0.3) is 0 Å². The number of carbonyl (C=O) groups is 1. The Bertz CT molecular complexity index is 588. The van der Waals surface area contributed by atoms with Gasteiger partial charge in [0.25, 0.3) is 5.91 Å². The highest BCUT2D eigenvalue weighted by Gasteiger charge is 2.38. The van der Waals surface area contributed by atoms with Gasteiger partial charge in [0.1, 0.15) is 0 Å². The Morgan fingerprint density at radius 2 is 1.90 bits per heavy atom. The van der Waals surface area contributed by atoms with E-state index >= 15 is 0 Å². The van der Waals surface area contributed by atoms with Crippen LogP contribution >= 0.6 is 11.3 Å². The standard InChI is InChI=1S/C15H21NO3S2/c17-15(12-6-8-20-10-12)16(13-4-2-1-3-5-13)14-7-9-21(18,19)11-14/h6,8,10,13-14H,1-5,7,9,11H2/t14-/m1/s1. The topological polar surface area (TPSA) is 54.5 Å². The van der Waals surface area contributed by atoms with Gasteiger partial charge in [0.15, 0.2) is 9.84 Å². The van der Waals surface area contributed by atoms with E-state index in [1.54, 1.807) is 0 Å². The predicted octanol–water partition coefficient (Wildman–Crippen LogP) is 2.71. The molecule has 2 fully saturated rings. The molecule has 2 aliphatic rings. The van der Waals surface area contributed by atoms with Crippen LogP contribution < -0.4 is 0 Å². The number of amides is 1. The number of sulfone groups is 1. The Morgan fingerprint density at radius 1 is 1.14 bits per heavy atom. The van der Waals surface area contributed by atoms with Crippen LogP contribution in [-0.4, -0.2) is 42.8 Å². The van der Waals surface area contributed by atoms with Crippen LogP contribution in [0.15, 0.2) is 16.8 Å². The van der Waals surface area contributed by atoms with Crippen LogP contribution in [0.5, 0.6) is 0 Å². The minimum absolute atomic E-state index is 0.0188. The van der Waals surface area contributed by atoms with E-state index in [1.807, 2.05) is 21.7 Å². The van der Waals surface area contributed by atoms with E-state index in [1.165, 1.54) is 17.8 Å². The molecule has 1 aromatic rings. The van der Waals surface area contributed by atoms with E-state index in [9.17, 15) is 13.2 Å². The van der Waals surface area contributed by atoms with E-state index in [0.717, 1.165) is 25.7 Å². The first-order valence-electron chi connectivity index (χ1n) is 7.62. The molecule has 0 N–H and O–H groups in total. The molecule has 116 valence electrons. The minimum atomic E-state index is -2.97. The average Bonchev–Trinajstić information content (AvgIpc) is 3.10. The van der Waals surface area contributed by atoms with Crippen molar-refractivity contribution in [3.63, 3.8) is 0 Å². The van der Waals surface area contributed by atoms with E-state index < -0.39 is 9.84 Å². The lowest BCUT2D eigenvalue weighted by Gasteiger charge is -2.38. The van der Waals surface area contributed by atoms with Crippen LogP contribution in [0.4, 0.5) is 0 Å². The zero-order valence-electron chi connectivity index (χ0n) is 12.0. The Balaban J connectivity index is 1.85. The zero-order chi connectivity index (χ0) is 14.9. The highest BCUT2D eigenvalue weighted by Crippen LogP contribution is 2.30. The molecule has 1 amide bonds. The van der Waals surface area contributed by atoms with Crippen LogP contribution in [0.1, 0.15) is 48.9 Å². The molecule has 0 unspecified atom stereocenters. The van der Waals surface area contributed by atoms with Gasteiger partial charge in [-0.3, -0.25) is 4.79 Å². The largest absolute Gasteiger partial charge is 0.332 e. The molecule has 6 heteroatoms. The predicted molar refractivity (Wildman–Crippen MR) is 84.4 cm³/mol. The molecule has 4 nitrogen and oxygen atoms in total. The van der Waals surface area contributed by atoms with Crippen LogP contribution in [0, 0.1) is 0 Å². The zero-order valence-corrected chi connectivity index (χ0v) is 13.7. The highest BCUT2D eigenvalue weighted by atomic mass is 32.2. The van der Waals surface area contributed by atoms with Gasteiger partial charge in [0.05, 0.1) is 17.1 Å². The normalized spacial score (nSPS) is 25.8. The van der Waals surface area contributed by atoms with Crippen molar-refractivity contribution in [1.29, 1.82) is 0 Å². The monoisotopic (exact) mass is 327 g/mol. The van der Waals surface area contributed by atoms with E-state index in [0.29, 0.717) is 12.0 Å². The molecule has 0 bridgehead atoms. The summed E-state index contributed by atoms with van der Waals surface area (Å²) in [5.41, 5.74) is 0.704. The molecule has 0 spiro atoms. The Kier molecular flexibility index (Phi) is 4.36. The Labute approximate surface area is 130 Å². The Morgan fingerprint density at radius 3 is 2.48 bits per heavy atom. The van der Waals surface area contributed by atoms with Gasteiger partial charge < -0.3 is 4.90 Å². The molecular weight excluding hydrogens is 306 g/mol. The molecule has 1 aliphatic heterocycles. The van der Waals surface area contributed by atoms with Crippen LogP contribution in [0.2, 0.25) is 0 Å². The lowest BCUT2D eigenvalue weighted by molar-refractivity contribution is 0.0542. The van der Waals surface area contributed by atoms with E-state index in [-0.39, 0.29) is 29.5 Å². The summed E-state index contributed by atoms with van der Waals surface area (Å²) in [6.07, 6.45) is 6.10. The molecule has 1 saturated carbocycles. The third-order valence-corrected chi connectivity index (χ3v) is 7.01. The maximum absolute atomic E-state index is 12.8. The quantitative estimate of drug-likeness (QED) is 0.858. The second-order valence-corrected chi connectivity index (χ2v) is 9.08. The summed E-state index contributed by atoms with van der Waals surface area (Å²) in [5.74, 6) is 0.377. The fourth-order valence-electron chi connectivity index (χ4n) is 3.52. The van der Waals surface area contributed by atoms with Crippen molar-refractivity contribution < 1.29 is 13.2 Å². The summed E-state index contributed by atoms with van der Waals surface area (Å²) in [4.78, 5) is 14.7. The third kappa shape index (κ3) is 3.31. The molecule has 21 heavy (non-hydrogen) atoms. The number of thiophene rings is 1. The van der Waals surface area contributed by atoms with Crippen molar-refractivity contribution in [2.75, 3.05) is 11.5 Å². The second-order valence-electron chi connectivity index (χ2n) is 6.07. The van der Waals surface area contributed by atoms with Crippen molar-refractivity contribution in [1.82, 2.24) is 4.90 Å². The van der Waals surface area contributed by atoms with Gasteiger partial charge in [0, 0.05) is 17.5 Å². The highest BCUT2D eigenvalue weighted by molar-refractivity contribution is 7.91. The maximum atomic E-state index is 12.8. The molecular formula is C15H21NO3S2. The number of rotatable bonds is 3. The Hall–Kier alpha value is -0.880. The maximum Gasteiger partial charge on any atom is 0.255 e. The summed E-state index contributed by atoms with van der Waals surface area (Å²) in [6, 6.07) is 1.92. The van der Waals surface area contributed by atoms with E-state index in [4.69, 9.17) is 0 Å². The third-order valence-electron chi connectivity index (χ3n) is 4.57. The lowest BCUT2D eigenvalue weighted by Crippen LogP contribution is -2.48. The number of carbonyl (C=O) groups excluding carboxylic acids is 1. The van der Waals surface area contributed by atoms with Gasteiger partial charge in [-0.1, -0.05) is 19.3 Å². The van der Waals surface area contributed by atoms with Crippen molar-refractivity contribution in [3.8, 4) is 0 Å². The summed E-state index contributed by atoms with van der Waals surface area (Å²) in [5, 5.41) is 3.76. The minimum Gasteiger partial charge on any atom is -0.332 e. The molecule has 1 atom stereocenters. The number of hydrogen-bond donors (Lipinski definition) is 0. The fourth-order valence-corrected chi connectivity index (χ4v) is 5.86. The first-order chi connectivity index (χ1) is 10.1. The summed E-state index contributed by atoms with van der Waals surface area (Å²) in [7, 11) is -2.97. The number of hydrogen-bond acceptors (Lipinski definition) is 4. The van der Waals surface area contributed by atoms with Gasteiger partial charge in [-0.15, -0.1) is 0 Å². The average molecular weight is 327 g/mol. The second kappa shape index (κ2) is 6.08. The number of nitrogens with zero attached hydrogens (tertiary/aromatic N) is 1. The molecule has 1 aliphatic carbocycles. The first kappa shape index (κ1) is 15.0. The van der Waals surface area contributed by atoms with Gasteiger partial charge in [-0.05, 0) is 30.7 Å². The SMILES string of the molecule is O=C(c1ccsc1)N(C1CCCCC1)[C@@H]1CCS(=O)(=O)C1. The van der Waals surface area contributed by atoms with Gasteiger partial charge in [0.2, 0.25) is 0 Å². The van der Waals surface area contributed by atoms with Gasteiger partial charge in [-0.25, -0.2) is 8.42 Å². The molecule has 1 saturated heterocycles. The lowest BCUT2D eigenvalue weighted by atomic mass is 9.92. The van der Waals surface area contributed by atoms with Crippen LogP contribution in [-0.2, 0) is 9.84 Å². The summed E-state index contributed by atoms with van der Waals surface area (Å²) in [6.45, 7) is 0. The van der Waals surface area contributed by atoms with Crippen LogP contribution in [0.3, 0.4) is 0 Å². The smallest absolute Gasteiger partial charge is 0.255 e. The van der Waals surface area contributed by atoms with Crippen molar-refractivity contribution in [2.24, 2.45) is 0 Å². The van der Waals surface area contributed by atoms with Gasteiger partial charge >= 0.3 is 0 Å². The molecule has 0 radical (unpaired) electrons.